The van der Waals surface area contributed by atoms with Crippen molar-refractivity contribution in [2.24, 2.45) is 5.73 Å². The third-order valence-corrected chi connectivity index (χ3v) is 4.06. The molecule has 0 aliphatic carbocycles. The van der Waals surface area contributed by atoms with Crippen molar-refractivity contribution < 1.29 is 9.53 Å². The molecule has 3 N–H and O–H groups in total. The lowest BCUT2D eigenvalue weighted by atomic mass is 10.0. The van der Waals surface area contributed by atoms with E-state index >= 15 is 0 Å². The van der Waals surface area contributed by atoms with Crippen molar-refractivity contribution in [1.29, 1.82) is 0 Å². The number of amides is 1. The lowest BCUT2D eigenvalue weighted by Gasteiger charge is -2.28. The Hall–Kier alpha value is -1.01. The summed E-state index contributed by atoms with van der Waals surface area (Å²) in [6.07, 6.45) is 2.80. The van der Waals surface area contributed by atoms with E-state index in [2.05, 4.69) is 22.3 Å². The molecule has 5 nitrogen and oxygen atoms in total. The van der Waals surface area contributed by atoms with E-state index in [1.54, 1.807) is 7.11 Å². The normalized spacial score (nSPS) is 16.5. The highest BCUT2D eigenvalue weighted by molar-refractivity contribution is 5.85. The number of hydrogen-bond donors (Lipinski definition) is 2. The van der Waals surface area contributed by atoms with Crippen LogP contribution in [0.5, 0.6) is 5.75 Å². The van der Waals surface area contributed by atoms with Crippen molar-refractivity contribution in [3.05, 3.63) is 29.8 Å². The molecule has 2 rings (SSSR count). The summed E-state index contributed by atoms with van der Waals surface area (Å²) in [5.74, 6) is 0.866. The Morgan fingerprint density at radius 1 is 1.33 bits per heavy atom. The van der Waals surface area contributed by atoms with Crippen LogP contribution in [0.4, 0.5) is 0 Å². The fourth-order valence-electron chi connectivity index (χ4n) is 2.93. The maximum absolute atomic E-state index is 11.9. The van der Waals surface area contributed by atoms with Crippen LogP contribution < -0.4 is 15.8 Å². The average molecular weight is 378 g/mol. The van der Waals surface area contributed by atoms with Gasteiger partial charge in [-0.2, -0.15) is 0 Å². The first-order valence-electron chi connectivity index (χ1n) is 8.00. The lowest BCUT2D eigenvalue weighted by molar-refractivity contribution is -0.121. The van der Waals surface area contributed by atoms with Gasteiger partial charge in [-0.15, -0.1) is 24.8 Å². The second-order valence-corrected chi connectivity index (χ2v) is 6.02. The van der Waals surface area contributed by atoms with Crippen LogP contribution in [-0.4, -0.2) is 43.6 Å². The first kappa shape index (κ1) is 23.0. The Morgan fingerprint density at radius 3 is 2.58 bits per heavy atom. The van der Waals surface area contributed by atoms with Gasteiger partial charge in [0.2, 0.25) is 5.91 Å². The van der Waals surface area contributed by atoms with Gasteiger partial charge in [0.15, 0.2) is 0 Å². The summed E-state index contributed by atoms with van der Waals surface area (Å²) in [5.41, 5.74) is 6.87. The number of nitrogens with zero attached hydrogens (tertiary/aromatic N) is 1. The summed E-state index contributed by atoms with van der Waals surface area (Å²) in [5, 5.41) is 3.03. The highest BCUT2D eigenvalue weighted by Gasteiger charge is 2.24. The molecule has 2 atom stereocenters. The molecule has 1 aromatic carbocycles. The van der Waals surface area contributed by atoms with Gasteiger partial charge in [-0.05, 0) is 50.6 Å². The Kier molecular flexibility index (Phi) is 11.0. The van der Waals surface area contributed by atoms with Crippen LogP contribution in [0.2, 0.25) is 0 Å². The first-order chi connectivity index (χ1) is 10.6. The van der Waals surface area contributed by atoms with Crippen LogP contribution >= 0.6 is 24.8 Å². The molecule has 24 heavy (non-hydrogen) atoms. The lowest BCUT2D eigenvalue weighted by Crippen LogP contribution is -2.38. The number of likely N-dealkylation sites (tertiary alicyclic amines) is 1. The van der Waals surface area contributed by atoms with Gasteiger partial charge < -0.3 is 15.8 Å². The van der Waals surface area contributed by atoms with Gasteiger partial charge in [-0.1, -0.05) is 12.1 Å². The predicted molar refractivity (Wildman–Crippen MR) is 102 cm³/mol. The largest absolute Gasteiger partial charge is 0.497 e. The van der Waals surface area contributed by atoms with Crippen LogP contribution in [0.3, 0.4) is 0 Å². The minimum absolute atomic E-state index is 0. The van der Waals surface area contributed by atoms with Crippen LogP contribution in [0, 0.1) is 0 Å². The van der Waals surface area contributed by atoms with Gasteiger partial charge in [0.1, 0.15) is 5.75 Å². The third-order valence-electron chi connectivity index (χ3n) is 4.06. The second kappa shape index (κ2) is 11.5. The third kappa shape index (κ3) is 6.85. The Balaban J connectivity index is 0.00000264. The van der Waals surface area contributed by atoms with Gasteiger partial charge in [-0.25, -0.2) is 0 Å². The van der Waals surface area contributed by atoms with Crippen LogP contribution in [0.1, 0.15) is 37.8 Å². The fourth-order valence-corrected chi connectivity index (χ4v) is 2.93. The van der Waals surface area contributed by atoms with Gasteiger partial charge in [0, 0.05) is 19.0 Å². The number of rotatable bonds is 7. The van der Waals surface area contributed by atoms with Crippen molar-refractivity contribution in [3.8, 4) is 5.75 Å². The van der Waals surface area contributed by atoms with Gasteiger partial charge in [-0.3, -0.25) is 9.69 Å². The van der Waals surface area contributed by atoms with E-state index in [1.807, 2.05) is 19.1 Å². The number of benzene rings is 1. The Labute approximate surface area is 157 Å². The highest BCUT2D eigenvalue weighted by Crippen LogP contribution is 2.27. The van der Waals surface area contributed by atoms with Crippen molar-refractivity contribution in [1.82, 2.24) is 10.2 Å². The molecule has 1 aromatic rings. The number of halogens is 2. The summed E-state index contributed by atoms with van der Waals surface area (Å²) >= 11 is 0. The van der Waals surface area contributed by atoms with E-state index in [0.29, 0.717) is 13.0 Å². The zero-order valence-electron chi connectivity index (χ0n) is 14.4. The summed E-state index contributed by atoms with van der Waals surface area (Å²) in [6.45, 7) is 4.61. The molecular weight excluding hydrogens is 349 g/mol. The minimum atomic E-state index is -0.109. The number of nitrogens with two attached hydrogens (primary N) is 1. The predicted octanol–water partition coefficient (Wildman–Crippen LogP) is 2.53. The molecule has 0 radical (unpaired) electrons. The Morgan fingerprint density at radius 2 is 2.00 bits per heavy atom. The second-order valence-electron chi connectivity index (χ2n) is 6.02. The monoisotopic (exact) mass is 377 g/mol. The SMILES string of the molecule is COc1cccc(C(CNC(=O)CC(C)N)N2CCCC2)c1.Cl.Cl. The smallest absolute Gasteiger partial charge is 0.221 e. The molecular formula is C17H29Cl2N3O2. The molecule has 0 bridgehead atoms. The van der Waals surface area contributed by atoms with E-state index in [1.165, 1.54) is 18.4 Å². The molecule has 138 valence electrons. The number of ether oxygens (including phenoxy) is 1. The molecule has 1 fully saturated rings. The summed E-state index contributed by atoms with van der Waals surface area (Å²) in [6, 6.07) is 8.18. The van der Waals surface area contributed by atoms with E-state index in [4.69, 9.17) is 10.5 Å². The maximum Gasteiger partial charge on any atom is 0.221 e. The fraction of sp³-hybridized carbons (Fsp3) is 0.588. The van der Waals surface area contributed by atoms with Gasteiger partial charge in [0.05, 0.1) is 13.2 Å². The molecule has 0 spiro atoms. The molecule has 1 aliphatic heterocycles. The van der Waals surface area contributed by atoms with Crippen LogP contribution in [-0.2, 0) is 4.79 Å². The minimum Gasteiger partial charge on any atom is -0.497 e. The number of methoxy groups -OCH3 is 1. The Bertz CT molecular complexity index is 494. The van der Waals surface area contributed by atoms with Crippen molar-refractivity contribution in [2.45, 2.75) is 38.3 Å². The summed E-state index contributed by atoms with van der Waals surface area (Å²) in [7, 11) is 1.67. The van der Waals surface area contributed by atoms with E-state index in [0.717, 1.165) is 18.8 Å². The zero-order chi connectivity index (χ0) is 15.9. The molecule has 1 heterocycles. The average Bonchev–Trinajstić information content (AvgIpc) is 3.01. The van der Waals surface area contributed by atoms with Crippen LogP contribution in [0.25, 0.3) is 0 Å². The topological polar surface area (TPSA) is 67.6 Å². The van der Waals surface area contributed by atoms with Gasteiger partial charge >= 0.3 is 0 Å². The molecule has 1 amide bonds. The van der Waals surface area contributed by atoms with Crippen molar-refractivity contribution >= 4 is 30.7 Å². The summed E-state index contributed by atoms with van der Waals surface area (Å²) < 4.78 is 5.32. The van der Waals surface area contributed by atoms with E-state index < -0.39 is 0 Å². The van der Waals surface area contributed by atoms with Crippen molar-refractivity contribution in [3.63, 3.8) is 0 Å². The molecule has 1 saturated heterocycles. The van der Waals surface area contributed by atoms with Gasteiger partial charge in [0.25, 0.3) is 0 Å². The molecule has 7 heteroatoms. The molecule has 0 saturated carbocycles. The summed E-state index contributed by atoms with van der Waals surface area (Å²) in [4.78, 5) is 14.3. The van der Waals surface area contributed by atoms with Crippen LogP contribution in [0.15, 0.2) is 24.3 Å². The van der Waals surface area contributed by atoms with E-state index in [-0.39, 0.29) is 42.8 Å². The zero-order valence-corrected chi connectivity index (χ0v) is 16.0. The van der Waals surface area contributed by atoms with Crippen molar-refractivity contribution in [2.75, 3.05) is 26.7 Å². The molecule has 1 aliphatic rings. The first-order valence-corrected chi connectivity index (χ1v) is 8.00. The van der Waals surface area contributed by atoms with E-state index in [9.17, 15) is 4.79 Å². The molecule has 0 aromatic heterocycles. The number of hydrogen-bond acceptors (Lipinski definition) is 4. The maximum atomic E-state index is 11.9. The quantitative estimate of drug-likeness (QED) is 0.765. The number of carbonyl (C=O) groups is 1. The molecule has 2 unspecified atom stereocenters. The number of carbonyl (C=O) groups excluding carboxylic acids is 1. The highest BCUT2D eigenvalue weighted by atomic mass is 35.5. The standard InChI is InChI=1S/C17H27N3O2.2ClH/c1-13(18)10-17(21)19-12-16(20-8-3-4-9-20)14-6-5-7-15(11-14)22-2;;/h5-7,11,13,16H,3-4,8-10,12,18H2,1-2H3,(H,19,21);2*1H. The number of nitrogens with one attached hydrogen (secondary N) is 1.